The van der Waals surface area contributed by atoms with E-state index in [2.05, 4.69) is 5.32 Å². The van der Waals surface area contributed by atoms with E-state index in [-0.39, 0.29) is 0 Å². The maximum Gasteiger partial charge on any atom is 0.228 e. The molecule has 1 N–H and O–H groups in total. The highest BCUT2D eigenvalue weighted by atomic mass is 19.1. The van der Waals surface area contributed by atoms with Gasteiger partial charge in [0.15, 0.2) is 0 Å². The van der Waals surface area contributed by atoms with Crippen molar-refractivity contribution in [2.45, 2.75) is 0 Å². The molecule has 0 radical (unpaired) electrons. The molecule has 0 atom stereocenters. The predicted molar refractivity (Wildman–Crippen MR) is 93.1 cm³/mol. The minimum absolute atomic E-state index is 0.544. The fourth-order valence-electron chi connectivity index (χ4n) is 2.73. The molecule has 2 heterocycles. The first kappa shape index (κ1) is 14.5. The van der Waals surface area contributed by atoms with E-state index in [0.717, 1.165) is 33.5 Å². The van der Waals surface area contributed by atoms with Gasteiger partial charge in [0.05, 0.1) is 5.69 Å². The molecule has 4 nitrogen and oxygen atoms in total. The number of pyridine rings is 1. The van der Waals surface area contributed by atoms with Crippen LogP contribution >= 0.6 is 0 Å². The lowest BCUT2D eigenvalue weighted by Gasteiger charge is -2.10. The lowest BCUT2D eigenvalue weighted by molar-refractivity contribution is 0.192. The number of nitrogens with one attached hydrogen (secondary N) is 1. The van der Waals surface area contributed by atoms with Gasteiger partial charge in [0.2, 0.25) is 6.86 Å². The molecule has 3 aromatic rings. The Morgan fingerprint density at radius 3 is 2.64 bits per heavy atom. The van der Waals surface area contributed by atoms with E-state index in [9.17, 15) is 4.39 Å². The summed E-state index contributed by atoms with van der Waals surface area (Å²) >= 11 is 0. The monoisotopic (exact) mass is 295 g/mol. The van der Waals surface area contributed by atoms with Crippen molar-refractivity contribution in [1.82, 2.24) is 9.38 Å². The molecule has 0 aliphatic heterocycles. The number of rotatable bonds is 4. The number of alkyl halides is 1. The van der Waals surface area contributed by atoms with Gasteiger partial charge in [-0.25, -0.2) is 9.37 Å². The van der Waals surface area contributed by atoms with Crippen LogP contribution in [0.4, 0.5) is 10.1 Å². The third-order valence-electron chi connectivity index (χ3n) is 3.73. The summed E-state index contributed by atoms with van der Waals surface area (Å²) in [6.07, 6.45) is 3.97. The number of fused-ring (bicyclic) bond motifs is 1. The van der Waals surface area contributed by atoms with Crippen LogP contribution < -0.4 is 21.0 Å². The second-order valence-electron chi connectivity index (χ2n) is 5.24. The number of anilines is 1. The summed E-state index contributed by atoms with van der Waals surface area (Å²) in [6, 6.07) is 7.67. The molecule has 0 bridgehead atoms. The smallest absolute Gasteiger partial charge is 0.228 e. The minimum atomic E-state index is -0.820. The molecule has 0 aliphatic rings. The number of aromatic nitrogens is 2. The highest BCUT2D eigenvalue weighted by molar-refractivity contribution is 6.44. The lowest BCUT2D eigenvalue weighted by Crippen LogP contribution is -2.20. The standard InChI is InChI=1S/C15H16B2FN3O/c1-19-9-2-3-21-7-13(20-14(21)4-9)15-11(16)5-10(22-8-18)6-12(15)17/h2-7,19H,8,16-17H2,1H3. The van der Waals surface area contributed by atoms with Crippen LogP contribution in [0, 0.1) is 0 Å². The van der Waals surface area contributed by atoms with E-state index in [4.69, 9.17) is 9.72 Å². The van der Waals surface area contributed by atoms with Gasteiger partial charge in [-0.1, -0.05) is 10.9 Å². The summed E-state index contributed by atoms with van der Waals surface area (Å²) in [4.78, 5) is 4.70. The Labute approximate surface area is 130 Å². The SMILES string of the molecule is Bc1cc(OCF)cc(B)c1-c1cn2ccc(NC)cc2n1. The highest BCUT2D eigenvalue weighted by Gasteiger charge is 2.12. The average molecular weight is 295 g/mol. The number of halogens is 1. The number of imidazole rings is 1. The second kappa shape index (κ2) is 5.75. The van der Waals surface area contributed by atoms with E-state index < -0.39 is 6.86 Å². The zero-order valence-corrected chi connectivity index (χ0v) is 12.9. The van der Waals surface area contributed by atoms with Crippen molar-refractivity contribution < 1.29 is 9.13 Å². The second-order valence-corrected chi connectivity index (χ2v) is 5.24. The maximum atomic E-state index is 12.3. The Kier molecular flexibility index (Phi) is 3.79. The zero-order valence-electron chi connectivity index (χ0n) is 12.9. The van der Waals surface area contributed by atoms with Gasteiger partial charge in [0, 0.05) is 31.2 Å². The van der Waals surface area contributed by atoms with Crippen LogP contribution in [0.2, 0.25) is 0 Å². The molecule has 0 saturated carbocycles. The van der Waals surface area contributed by atoms with Crippen LogP contribution in [-0.4, -0.2) is 39.0 Å². The zero-order chi connectivity index (χ0) is 15.7. The summed E-state index contributed by atoms with van der Waals surface area (Å²) in [6.45, 7) is -0.820. The van der Waals surface area contributed by atoms with E-state index in [0.29, 0.717) is 5.75 Å². The Hall–Kier alpha value is -2.43. The number of nitrogens with zero attached hydrogens (tertiary/aromatic N) is 2. The van der Waals surface area contributed by atoms with Crippen LogP contribution in [0.3, 0.4) is 0 Å². The molecule has 0 fully saturated rings. The summed E-state index contributed by atoms with van der Waals surface area (Å²) in [5.41, 5.74) is 5.88. The quantitative estimate of drug-likeness (QED) is 0.681. The van der Waals surface area contributed by atoms with E-state index in [1.54, 1.807) is 0 Å². The maximum absolute atomic E-state index is 12.3. The molecule has 22 heavy (non-hydrogen) atoms. The third-order valence-corrected chi connectivity index (χ3v) is 3.73. The summed E-state index contributed by atoms with van der Waals surface area (Å²) in [5, 5.41) is 3.11. The summed E-state index contributed by atoms with van der Waals surface area (Å²) in [7, 11) is 5.85. The van der Waals surface area contributed by atoms with Crippen LogP contribution in [0.1, 0.15) is 0 Å². The van der Waals surface area contributed by atoms with Gasteiger partial charge < -0.3 is 14.5 Å². The topological polar surface area (TPSA) is 38.6 Å². The first-order valence-corrected chi connectivity index (χ1v) is 7.09. The molecule has 3 rings (SSSR count). The fourth-order valence-corrected chi connectivity index (χ4v) is 2.73. The molecule has 0 saturated heterocycles. The molecule has 7 heteroatoms. The Balaban J connectivity index is 2.10. The van der Waals surface area contributed by atoms with Crippen molar-refractivity contribution in [2.24, 2.45) is 0 Å². The van der Waals surface area contributed by atoms with Gasteiger partial charge in [-0.15, -0.1) is 0 Å². The molecule has 1 aromatic carbocycles. The highest BCUT2D eigenvalue weighted by Crippen LogP contribution is 2.20. The van der Waals surface area contributed by atoms with Gasteiger partial charge in [-0.2, -0.15) is 0 Å². The molecule has 0 unspecified atom stereocenters. The van der Waals surface area contributed by atoms with Crippen LogP contribution in [0.5, 0.6) is 5.75 Å². The van der Waals surface area contributed by atoms with Crippen molar-refractivity contribution >= 4 is 38.0 Å². The lowest BCUT2D eigenvalue weighted by atomic mass is 9.79. The third kappa shape index (κ3) is 2.54. The number of hydrogen-bond acceptors (Lipinski definition) is 3. The molecule has 0 amide bonds. The van der Waals surface area contributed by atoms with Gasteiger partial charge in [-0.3, -0.25) is 0 Å². The van der Waals surface area contributed by atoms with Crippen molar-refractivity contribution in [3.63, 3.8) is 0 Å². The van der Waals surface area contributed by atoms with Crippen LogP contribution in [0.15, 0.2) is 36.7 Å². The summed E-state index contributed by atoms with van der Waals surface area (Å²) in [5.74, 6) is 0.544. The Morgan fingerprint density at radius 2 is 2.00 bits per heavy atom. The van der Waals surface area contributed by atoms with Crippen molar-refractivity contribution in [3.8, 4) is 17.0 Å². The van der Waals surface area contributed by atoms with Crippen LogP contribution in [-0.2, 0) is 0 Å². The van der Waals surface area contributed by atoms with Gasteiger partial charge in [-0.05, 0) is 23.8 Å². The molecular weight excluding hydrogens is 279 g/mol. The van der Waals surface area contributed by atoms with Gasteiger partial charge in [0.1, 0.15) is 27.1 Å². The molecule has 0 aliphatic carbocycles. The summed E-state index contributed by atoms with van der Waals surface area (Å²) < 4.78 is 19.3. The first-order valence-electron chi connectivity index (χ1n) is 7.09. The number of hydrogen-bond donors (Lipinski definition) is 1. The normalized spacial score (nSPS) is 10.8. The number of ether oxygens (including phenoxy) is 1. The number of benzene rings is 1. The van der Waals surface area contributed by atoms with E-state index >= 15 is 0 Å². The minimum Gasteiger partial charge on any atom is -0.463 e. The molecule has 110 valence electrons. The van der Waals surface area contributed by atoms with Crippen molar-refractivity contribution in [2.75, 3.05) is 19.2 Å². The fraction of sp³-hybridized carbons (Fsp3) is 0.133. The Morgan fingerprint density at radius 1 is 1.27 bits per heavy atom. The molecular formula is C15H16B2FN3O. The van der Waals surface area contributed by atoms with Crippen molar-refractivity contribution in [1.29, 1.82) is 0 Å². The van der Waals surface area contributed by atoms with E-state index in [1.807, 2.05) is 63.8 Å². The van der Waals surface area contributed by atoms with Crippen LogP contribution in [0.25, 0.3) is 16.9 Å². The molecule has 2 aromatic heterocycles. The largest absolute Gasteiger partial charge is 0.463 e. The van der Waals surface area contributed by atoms with Crippen molar-refractivity contribution in [3.05, 3.63) is 36.7 Å². The van der Waals surface area contributed by atoms with Gasteiger partial charge in [0.25, 0.3) is 0 Å². The Bertz CT molecular complexity index is 812. The van der Waals surface area contributed by atoms with Gasteiger partial charge >= 0.3 is 0 Å². The predicted octanol–water partition coefficient (Wildman–Crippen LogP) is -0.134. The van der Waals surface area contributed by atoms with E-state index in [1.165, 1.54) is 0 Å². The molecule has 0 spiro atoms. The first-order chi connectivity index (χ1) is 10.6. The average Bonchev–Trinajstić information content (AvgIpc) is 2.89.